The van der Waals surface area contributed by atoms with Crippen LogP contribution in [0.15, 0.2) is 77.7 Å². The number of nitrogens with zero attached hydrogens (tertiary/aromatic N) is 2. The molecule has 0 atom stereocenters. The molecule has 0 aromatic heterocycles. The highest BCUT2D eigenvalue weighted by Crippen LogP contribution is 2.33. The molecular weight excluding hydrogens is 482 g/mol. The van der Waals surface area contributed by atoms with Crippen molar-refractivity contribution in [1.82, 2.24) is 4.90 Å². The summed E-state index contributed by atoms with van der Waals surface area (Å²) in [6.45, 7) is 1.83. The lowest BCUT2D eigenvalue weighted by atomic mass is 10.2. The van der Waals surface area contributed by atoms with Crippen molar-refractivity contribution in [2.24, 2.45) is 0 Å². The lowest BCUT2D eigenvalue weighted by molar-refractivity contribution is -0.384. The van der Waals surface area contributed by atoms with E-state index in [2.05, 4.69) is 5.32 Å². The topological polar surface area (TPSA) is 119 Å². The van der Waals surface area contributed by atoms with Crippen LogP contribution in [0, 0.1) is 17.0 Å². The lowest BCUT2D eigenvalue weighted by Crippen LogP contribution is -2.27. The number of rotatable bonds is 8. The van der Waals surface area contributed by atoms with E-state index in [0.29, 0.717) is 22.6 Å². The standard InChI is InChI=1S/C26H21N3O6S/c1-17-2-8-20(9-3-17)27-24(30)16-35-22-12-6-18(7-13-22)14-23-25(31)28(26(32)36-23)15-19-4-10-21(11-5-19)29(33)34/h2-14H,15-16H2,1H3,(H,27,30). The van der Waals surface area contributed by atoms with Crippen LogP contribution in [-0.2, 0) is 16.1 Å². The van der Waals surface area contributed by atoms with Crippen LogP contribution in [-0.4, -0.2) is 33.5 Å². The van der Waals surface area contributed by atoms with Gasteiger partial charge >= 0.3 is 0 Å². The third-order valence-corrected chi connectivity index (χ3v) is 6.15. The summed E-state index contributed by atoms with van der Waals surface area (Å²) in [5.74, 6) is -0.237. The minimum Gasteiger partial charge on any atom is -0.484 e. The lowest BCUT2D eigenvalue weighted by Gasteiger charge is -2.12. The summed E-state index contributed by atoms with van der Waals surface area (Å²) in [5, 5.41) is 13.1. The van der Waals surface area contributed by atoms with Crippen LogP contribution in [0.1, 0.15) is 16.7 Å². The molecule has 1 fully saturated rings. The first-order valence-electron chi connectivity index (χ1n) is 10.9. The number of aryl methyl sites for hydroxylation is 1. The van der Waals surface area contributed by atoms with Crippen molar-refractivity contribution in [2.45, 2.75) is 13.5 Å². The molecule has 9 nitrogen and oxygen atoms in total. The zero-order chi connectivity index (χ0) is 25.7. The molecule has 1 aliphatic heterocycles. The molecule has 10 heteroatoms. The van der Waals surface area contributed by atoms with E-state index in [9.17, 15) is 24.5 Å². The van der Waals surface area contributed by atoms with Gasteiger partial charge < -0.3 is 10.1 Å². The van der Waals surface area contributed by atoms with Gasteiger partial charge in [-0.05, 0) is 60.2 Å². The predicted molar refractivity (Wildman–Crippen MR) is 136 cm³/mol. The van der Waals surface area contributed by atoms with E-state index < -0.39 is 16.1 Å². The third-order valence-electron chi connectivity index (χ3n) is 5.24. The molecule has 182 valence electrons. The zero-order valence-electron chi connectivity index (χ0n) is 19.2. The molecule has 0 saturated carbocycles. The first-order chi connectivity index (χ1) is 17.3. The molecule has 3 aromatic rings. The third kappa shape index (κ3) is 6.16. The number of thioether (sulfide) groups is 1. The Bertz CT molecular complexity index is 1340. The number of hydrogen-bond donors (Lipinski definition) is 1. The Morgan fingerprint density at radius 2 is 1.69 bits per heavy atom. The summed E-state index contributed by atoms with van der Waals surface area (Å²) in [5.41, 5.74) is 3.02. The van der Waals surface area contributed by atoms with Gasteiger partial charge in [0.2, 0.25) is 0 Å². The molecule has 0 spiro atoms. The van der Waals surface area contributed by atoms with Crippen LogP contribution < -0.4 is 10.1 Å². The van der Waals surface area contributed by atoms with Gasteiger partial charge in [0.05, 0.1) is 16.4 Å². The minimum atomic E-state index is -0.511. The van der Waals surface area contributed by atoms with Crippen molar-refractivity contribution in [3.63, 3.8) is 0 Å². The summed E-state index contributed by atoms with van der Waals surface area (Å²) < 4.78 is 5.52. The van der Waals surface area contributed by atoms with E-state index >= 15 is 0 Å². The maximum Gasteiger partial charge on any atom is 0.293 e. The second-order valence-electron chi connectivity index (χ2n) is 7.96. The van der Waals surface area contributed by atoms with Crippen LogP contribution in [0.2, 0.25) is 0 Å². The molecule has 36 heavy (non-hydrogen) atoms. The SMILES string of the molecule is Cc1ccc(NC(=O)COc2ccc(C=C3SC(=O)N(Cc4ccc([N+](=O)[O-])cc4)C3=O)cc2)cc1. The Kier molecular flexibility index (Phi) is 7.45. The number of carbonyl (C=O) groups excluding carboxylic acids is 3. The number of hydrogen-bond acceptors (Lipinski definition) is 7. The molecule has 0 bridgehead atoms. The number of amides is 3. The van der Waals surface area contributed by atoms with Gasteiger partial charge in [0.1, 0.15) is 5.75 Å². The Hall–Kier alpha value is -4.44. The maximum atomic E-state index is 12.8. The number of nitrogens with one attached hydrogen (secondary N) is 1. The average Bonchev–Trinajstić information content (AvgIpc) is 3.12. The Labute approximate surface area is 210 Å². The van der Waals surface area contributed by atoms with Crippen molar-refractivity contribution >= 4 is 46.3 Å². The summed E-state index contributed by atoms with van der Waals surface area (Å²) in [4.78, 5) is 48.9. The normalized spacial score (nSPS) is 14.2. The van der Waals surface area contributed by atoms with Gasteiger partial charge in [-0.15, -0.1) is 0 Å². The number of carbonyl (C=O) groups is 3. The first kappa shape index (κ1) is 24.7. The number of anilines is 1. The van der Waals surface area contributed by atoms with E-state index in [-0.39, 0.29) is 29.7 Å². The van der Waals surface area contributed by atoms with Gasteiger partial charge in [-0.2, -0.15) is 0 Å². The van der Waals surface area contributed by atoms with Crippen LogP contribution in [0.4, 0.5) is 16.2 Å². The maximum absolute atomic E-state index is 12.8. The van der Waals surface area contributed by atoms with E-state index in [1.54, 1.807) is 30.3 Å². The minimum absolute atomic E-state index is 0.0252. The average molecular weight is 504 g/mol. The largest absolute Gasteiger partial charge is 0.484 e. The fourth-order valence-corrected chi connectivity index (χ4v) is 4.17. The molecule has 1 aliphatic rings. The second-order valence-corrected chi connectivity index (χ2v) is 8.96. The smallest absolute Gasteiger partial charge is 0.293 e. The van der Waals surface area contributed by atoms with Crippen LogP contribution in [0.25, 0.3) is 6.08 Å². The molecule has 1 N–H and O–H groups in total. The van der Waals surface area contributed by atoms with Crippen molar-refractivity contribution < 1.29 is 24.0 Å². The monoisotopic (exact) mass is 503 g/mol. The highest BCUT2D eigenvalue weighted by Gasteiger charge is 2.35. The molecule has 1 saturated heterocycles. The van der Waals surface area contributed by atoms with Crippen LogP contribution in [0.5, 0.6) is 5.75 Å². The van der Waals surface area contributed by atoms with Crippen molar-refractivity contribution in [2.75, 3.05) is 11.9 Å². The molecule has 0 aliphatic carbocycles. The highest BCUT2D eigenvalue weighted by molar-refractivity contribution is 8.18. The van der Waals surface area contributed by atoms with Crippen LogP contribution >= 0.6 is 11.8 Å². The van der Waals surface area contributed by atoms with E-state index in [1.165, 1.54) is 24.3 Å². The number of imide groups is 1. The van der Waals surface area contributed by atoms with Gasteiger partial charge in [-0.25, -0.2) is 0 Å². The molecule has 4 rings (SSSR count). The number of ether oxygens (including phenoxy) is 1. The van der Waals surface area contributed by atoms with E-state index in [0.717, 1.165) is 22.2 Å². The molecule has 0 unspecified atom stereocenters. The number of nitro groups is 1. The van der Waals surface area contributed by atoms with Gasteiger partial charge in [0, 0.05) is 17.8 Å². The summed E-state index contributed by atoms with van der Waals surface area (Å²) in [6, 6.07) is 19.9. The quantitative estimate of drug-likeness (QED) is 0.256. The number of nitro benzene ring substituents is 1. The van der Waals surface area contributed by atoms with Crippen molar-refractivity contribution in [3.05, 3.63) is 105 Å². The number of benzene rings is 3. The van der Waals surface area contributed by atoms with Crippen LogP contribution in [0.3, 0.4) is 0 Å². The summed E-state index contributed by atoms with van der Waals surface area (Å²) >= 11 is 0.830. The van der Waals surface area contributed by atoms with Gasteiger partial charge in [-0.1, -0.05) is 42.0 Å². The van der Waals surface area contributed by atoms with Gasteiger partial charge in [-0.3, -0.25) is 29.4 Å². The van der Waals surface area contributed by atoms with Gasteiger partial charge in [0.15, 0.2) is 6.61 Å². The number of non-ortho nitro benzene ring substituents is 1. The highest BCUT2D eigenvalue weighted by atomic mass is 32.2. The Balaban J connectivity index is 1.33. The van der Waals surface area contributed by atoms with Crippen molar-refractivity contribution in [1.29, 1.82) is 0 Å². The molecular formula is C26H21N3O6S. The second kappa shape index (κ2) is 10.9. The molecule has 3 aromatic carbocycles. The first-order valence-corrected chi connectivity index (χ1v) is 11.7. The van der Waals surface area contributed by atoms with Crippen molar-refractivity contribution in [3.8, 4) is 5.75 Å². The molecule has 1 heterocycles. The fourth-order valence-electron chi connectivity index (χ4n) is 3.34. The Morgan fingerprint density at radius 3 is 2.33 bits per heavy atom. The molecule has 0 radical (unpaired) electrons. The fraction of sp³-hybridized carbons (Fsp3) is 0.115. The zero-order valence-corrected chi connectivity index (χ0v) is 20.0. The summed E-state index contributed by atoms with van der Waals surface area (Å²) in [6.07, 6.45) is 1.61. The van der Waals surface area contributed by atoms with Gasteiger partial charge in [0.25, 0.3) is 22.7 Å². The van der Waals surface area contributed by atoms with E-state index in [4.69, 9.17) is 4.74 Å². The van der Waals surface area contributed by atoms with E-state index in [1.807, 2.05) is 31.2 Å². The molecule has 3 amide bonds. The summed E-state index contributed by atoms with van der Waals surface area (Å²) in [7, 11) is 0. The predicted octanol–water partition coefficient (Wildman–Crippen LogP) is 5.16. The Morgan fingerprint density at radius 1 is 1.03 bits per heavy atom.